The standard InChI is InChI=1S/C22H34N4O.HI/c1-18-12-20(15-26(18)14-19-6-4-3-5-7-19)13-24-21(23-2)25-10-8-22(16-25)9-11-27-17-22;/h3-7,18,20H,8-17H2,1-2H3,(H,23,24);1H. The topological polar surface area (TPSA) is 40.1 Å². The van der Waals surface area contributed by atoms with Gasteiger partial charge in [0, 0.05) is 57.8 Å². The van der Waals surface area contributed by atoms with Gasteiger partial charge in [-0.2, -0.15) is 0 Å². The number of nitrogens with one attached hydrogen (secondary N) is 1. The second kappa shape index (κ2) is 9.76. The molecule has 0 amide bonds. The Bertz CT molecular complexity index is 647. The summed E-state index contributed by atoms with van der Waals surface area (Å²) in [5, 5.41) is 3.67. The molecule has 1 aromatic rings. The summed E-state index contributed by atoms with van der Waals surface area (Å²) in [4.78, 5) is 9.62. The van der Waals surface area contributed by atoms with E-state index in [4.69, 9.17) is 4.74 Å². The molecule has 4 rings (SSSR count). The number of benzene rings is 1. The van der Waals surface area contributed by atoms with Crippen molar-refractivity contribution < 1.29 is 4.74 Å². The van der Waals surface area contributed by atoms with Crippen molar-refractivity contribution >= 4 is 29.9 Å². The van der Waals surface area contributed by atoms with Gasteiger partial charge in [-0.25, -0.2) is 0 Å². The summed E-state index contributed by atoms with van der Waals surface area (Å²) in [7, 11) is 1.91. The molecule has 3 unspecified atom stereocenters. The number of hydrogen-bond acceptors (Lipinski definition) is 3. The number of likely N-dealkylation sites (tertiary alicyclic amines) is 2. The van der Waals surface area contributed by atoms with E-state index in [1.165, 1.54) is 24.8 Å². The van der Waals surface area contributed by atoms with Crippen LogP contribution in [0.25, 0.3) is 0 Å². The van der Waals surface area contributed by atoms with Gasteiger partial charge in [0.25, 0.3) is 0 Å². The lowest BCUT2D eigenvalue weighted by atomic mass is 9.87. The van der Waals surface area contributed by atoms with Crippen LogP contribution in [0.3, 0.4) is 0 Å². The predicted octanol–water partition coefficient (Wildman–Crippen LogP) is 3.20. The van der Waals surface area contributed by atoms with E-state index in [-0.39, 0.29) is 24.0 Å². The molecule has 0 bridgehead atoms. The van der Waals surface area contributed by atoms with Crippen LogP contribution in [0, 0.1) is 11.3 Å². The average molecular weight is 498 g/mol. The first kappa shape index (κ1) is 21.8. The molecule has 0 aliphatic carbocycles. The lowest BCUT2D eigenvalue weighted by molar-refractivity contribution is 0.156. The van der Waals surface area contributed by atoms with E-state index in [0.717, 1.165) is 51.9 Å². The van der Waals surface area contributed by atoms with E-state index in [1.54, 1.807) is 0 Å². The Morgan fingerprint density at radius 1 is 1.29 bits per heavy atom. The smallest absolute Gasteiger partial charge is 0.193 e. The van der Waals surface area contributed by atoms with Crippen LogP contribution in [0.2, 0.25) is 0 Å². The quantitative estimate of drug-likeness (QED) is 0.394. The summed E-state index contributed by atoms with van der Waals surface area (Å²) < 4.78 is 5.67. The Balaban J connectivity index is 0.00000225. The molecule has 28 heavy (non-hydrogen) atoms. The van der Waals surface area contributed by atoms with Crippen LogP contribution < -0.4 is 5.32 Å². The van der Waals surface area contributed by atoms with Crippen LogP contribution in [0.1, 0.15) is 31.7 Å². The van der Waals surface area contributed by atoms with Crippen LogP contribution in [-0.2, 0) is 11.3 Å². The molecule has 3 fully saturated rings. The highest BCUT2D eigenvalue weighted by Crippen LogP contribution is 2.38. The van der Waals surface area contributed by atoms with Crippen molar-refractivity contribution in [3.05, 3.63) is 35.9 Å². The molecule has 3 aliphatic heterocycles. The zero-order chi connectivity index (χ0) is 18.7. The van der Waals surface area contributed by atoms with Crippen LogP contribution in [0.5, 0.6) is 0 Å². The number of aliphatic imine (C=N–C) groups is 1. The molecule has 6 heteroatoms. The Kier molecular flexibility index (Phi) is 7.61. The second-order valence-electron chi connectivity index (χ2n) is 8.77. The molecule has 1 spiro atoms. The predicted molar refractivity (Wildman–Crippen MR) is 125 cm³/mol. The van der Waals surface area contributed by atoms with Crippen LogP contribution in [-0.4, -0.2) is 68.2 Å². The maximum Gasteiger partial charge on any atom is 0.193 e. The highest BCUT2D eigenvalue weighted by molar-refractivity contribution is 14.0. The molecular weight excluding hydrogens is 463 g/mol. The molecule has 5 nitrogen and oxygen atoms in total. The molecule has 0 radical (unpaired) electrons. The van der Waals surface area contributed by atoms with Gasteiger partial charge in [0.05, 0.1) is 6.61 Å². The van der Waals surface area contributed by atoms with E-state index in [1.807, 2.05) is 7.05 Å². The monoisotopic (exact) mass is 498 g/mol. The largest absolute Gasteiger partial charge is 0.381 e. The van der Waals surface area contributed by atoms with Crippen molar-refractivity contribution in [2.75, 3.05) is 46.4 Å². The molecule has 3 atom stereocenters. The first-order valence-electron chi connectivity index (χ1n) is 10.5. The fraction of sp³-hybridized carbons (Fsp3) is 0.682. The van der Waals surface area contributed by atoms with Gasteiger partial charge in [-0.15, -0.1) is 24.0 Å². The Hall–Kier alpha value is -0.860. The molecule has 3 heterocycles. The fourth-order valence-electron chi connectivity index (χ4n) is 5.06. The van der Waals surface area contributed by atoms with Crippen molar-refractivity contribution in [3.8, 4) is 0 Å². The SMILES string of the molecule is CN=C(NCC1CC(C)N(Cc2ccccc2)C1)N1CCC2(CCOC2)C1.I. The summed E-state index contributed by atoms with van der Waals surface area (Å²) in [6.07, 6.45) is 3.70. The maximum absolute atomic E-state index is 5.67. The van der Waals surface area contributed by atoms with Crippen molar-refractivity contribution in [3.63, 3.8) is 0 Å². The van der Waals surface area contributed by atoms with Gasteiger partial charge in [-0.3, -0.25) is 9.89 Å². The molecular formula is C22H35IN4O. The van der Waals surface area contributed by atoms with Gasteiger partial charge in [-0.1, -0.05) is 30.3 Å². The lowest BCUT2D eigenvalue weighted by Crippen LogP contribution is -2.43. The molecule has 1 N–H and O–H groups in total. The minimum Gasteiger partial charge on any atom is -0.381 e. The maximum atomic E-state index is 5.67. The normalized spacial score (nSPS) is 30.8. The van der Waals surface area contributed by atoms with E-state index in [0.29, 0.717) is 17.4 Å². The molecule has 0 saturated carbocycles. The first-order valence-corrected chi connectivity index (χ1v) is 10.5. The van der Waals surface area contributed by atoms with E-state index >= 15 is 0 Å². The summed E-state index contributed by atoms with van der Waals surface area (Å²) >= 11 is 0. The molecule has 3 aliphatic rings. The van der Waals surface area contributed by atoms with E-state index in [2.05, 4.69) is 57.4 Å². The Labute approximate surface area is 186 Å². The highest BCUT2D eigenvalue weighted by Gasteiger charge is 2.42. The molecule has 156 valence electrons. The van der Waals surface area contributed by atoms with Crippen molar-refractivity contribution in [1.29, 1.82) is 0 Å². The van der Waals surface area contributed by atoms with Crippen molar-refractivity contribution in [1.82, 2.24) is 15.1 Å². The first-order chi connectivity index (χ1) is 13.2. The van der Waals surface area contributed by atoms with Gasteiger partial charge in [0.15, 0.2) is 5.96 Å². The number of hydrogen-bond donors (Lipinski definition) is 1. The number of halogens is 1. The third kappa shape index (κ3) is 5.00. The molecule has 0 aromatic heterocycles. The summed E-state index contributed by atoms with van der Waals surface area (Å²) in [6.45, 7) is 9.65. The zero-order valence-corrected chi connectivity index (χ0v) is 19.6. The Morgan fingerprint density at radius 2 is 2.11 bits per heavy atom. The van der Waals surface area contributed by atoms with Crippen LogP contribution in [0.4, 0.5) is 0 Å². The van der Waals surface area contributed by atoms with Gasteiger partial charge >= 0.3 is 0 Å². The zero-order valence-electron chi connectivity index (χ0n) is 17.3. The number of rotatable bonds is 4. The average Bonchev–Trinajstić information content (AvgIpc) is 3.40. The van der Waals surface area contributed by atoms with Crippen molar-refractivity contribution in [2.45, 2.75) is 38.8 Å². The molecule has 1 aromatic carbocycles. The van der Waals surface area contributed by atoms with Gasteiger partial charge in [0.1, 0.15) is 0 Å². The number of ether oxygens (including phenoxy) is 1. The minimum absolute atomic E-state index is 0. The molecule has 3 saturated heterocycles. The van der Waals surface area contributed by atoms with E-state index in [9.17, 15) is 0 Å². The fourth-order valence-corrected chi connectivity index (χ4v) is 5.06. The van der Waals surface area contributed by atoms with Gasteiger partial charge in [0.2, 0.25) is 0 Å². The minimum atomic E-state index is 0. The van der Waals surface area contributed by atoms with Crippen molar-refractivity contribution in [2.24, 2.45) is 16.3 Å². The lowest BCUT2D eigenvalue weighted by Gasteiger charge is -2.26. The summed E-state index contributed by atoms with van der Waals surface area (Å²) in [5.74, 6) is 1.76. The van der Waals surface area contributed by atoms with E-state index < -0.39 is 0 Å². The summed E-state index contributed by atoms with van der Waals surface area (Å²) in [5.41, 5.74) is 1.79. The second-order valence-corrected chi connectivity index (χ2v) is 8.77. The van der Waals surface area contributed by atoms with Gasteiger partial charge in [-0.05, 0) is 37.7 Å². The third-order valence-electron chi connectivity index (χ3n) is 6.70. The van der Waals surface area contributed by atoms with Crippen LogP contribution in [0.15, 0.2) is 35.3 Å². The van der Waals surface area contributed by atoms with Gasteiger partial charge < -0.3 is 15.0 Å². The number of guanidine groups is 1. The third-order valence-corrected chi connectivity index (χ3v) is 6.70. The highest BCUT2D eigenvalue weighted by atomic mass is 127. The number of nitrogens with zero attached hydrogens (tertiary/aromatic N) is 3. The summed E-state index contributed by atoms with van der Waals surface area (Å²) in [6, 6.07) is 11.5. The Morgan fingerprint density at radius 3 is 2.82 bits per heavy atom. The van der Waals surface area contributed by atoms with Crippen LogP contribution >= 0.6 is 24.0 Å².